The molecule has 1 aliphatic rings. The van der Waals surface area contributed by atoms with Crippen LogP contribution in [0.3, 0.4) is 0 Å². The maximum Gasteiger partial charge on any atom is 0.265 e. The normalized spacial score (nSPS) is 19.8. The number of para-hydroxylation sites is 2. The molecule has 5 heteroatoms. The summed E-state index contributed by atoms with van der Waals surface area (Å²) < 4.78 is 11.7. The Bertz CT molecular complexity index is 733. The monoisotopic (exact) mass is 354 g/mol. The Kier molecular flexibility index (Phi) is 5.78. The summed E-state index contributed by atoms with van der Waals surface area (Å²) in [6.07, 6.45) is -0.115. The van der Waals surface area contributed by atoms with Crippen LogP contribution in [0.4, 0.5) is 0 Å². The van der Waals surface area contributed by atoms with Crippen LogP contribution in [0.1, 0.15) is 12.5 Å². The first-order chi connectivity index (χ1) is 12.5. The fourth-order valence-electron chi connectivity index (χ4n) is 3.05. The number of fused-ring (bicyclic) bond motifs is 1. The lowest BCUT2D eigenvalue weighted by Gasteiger charge is -2.32. The molecule has 0 unspecified atom stereocenters. The van der Waals surface area contributed by atoms with Gasteiger partial charge in [0.25, 0.3) is 5.91 Å². The van der Waals surface area contributed by atoms with Crippen molar-refractivity contribution in [2.45, 2.75) is 31.6 Å². The summed E-state index contributed by atoms with van der Waals surface area (Å²) in [4.78, 5) is 14.8. The molecule has 2 aromatic carbocycles. The van der Waals surface area contributed by atoms with Gasteiger partial charge < -0.3 is 19.7 Å². The molecule has 0 bridgehead atoms. The highest BCUT2D eigenvalue weighted by Crippen LogP contribution is 2.33. The molecule has 3 atom stereocenters. The number of nitrogens with one attached hydrogen (secondary N) is 1. The summed E-state index contributed by atoms with van der Waals surface area (Å²) in [5.41, 5.74) is 1.25. The number of amides is 1. The first-order valence-electron chi connectivity index (χ1n) is 8.95. The van der Waals surface area contributed by atoms with E-state index in [1.165, 1.54) is 5.56 Å². The van der Waals surface area contributed by atoms with Gasteiger partial charge in [0, 0.05) is 12.6 Å². The Balaban J connectivity index is 1.60. The molecule has 26 heavy (non-hydrogen) atoms. The lowest BCUT2D eigenvalue weighted by molar-refractivity contribution is -0.133. The van der Waals surface area contributed by atoms with Crippen LogP contribution < -0.4 is 14.8 Å². The van der Waals surface area contributed by atoms with Gasteiger partial charge >= 0.3 is 0 Å². The van der Waals surface area contributed by atoms with Crippen molar-refractivity contribution in [3.63, 3.8) is 0 Å². The number of carbonyl (C=O) groups excluding carboxylic acids is 1. The fourth-order valence-corrected chi connectivity index (χ4v) is 3.05. The number of benzene rings is 2. The van der Waals surface area contributed by atoms with Crippen LogP contribution in [0, 0.1) is 0 Å². The maximum atomic E-state index is 12.7. The van der Waals surface area contributed by atoms with E-state index in [0.717, 1.165) is 6.42 Å². The zero-order valence-electron chi connectivity index (χ0n) is 15.5. The molecule has 1 aliphatic heterocycles. The van der Waals surface area contributed by atoms with E-state index in [1.807, 2.05) is 63.5 Å². The summed E-state index contributed by atoms with van der Waals surface area (Å²) in [5, 5.41) is 3.03. The van der Waals surface area contributed by atoms with Crippen molar-refractivity contribution in [3.8, 4) is 11.5 Å². The van der Waals surface area contributed by atoms with E-state index >= 15 is 0 Å². The van der Waals surface area contributed by atoms with Crippen molar-refractivity contribution in [2.75, 3.05) is 20.6 Å². The molecule has 1 N–H and O–H groups in total. The van der Waals surface area contributed by atoms with Gasteiger partial charge in [-0.1, -0.05) is 42.5 Å². The highest BCUT2D eigenvalue weighted by Gasteiger charge is 2.34. The van der Waals surface area contributed by atoms with Crippen LogP contribution in [-0.2, 0) is 11.2 Å². The van der Waals surface area contributed by atoms with Crippen molar-refractivity contribution in [1.82, 2.24) is 10.2 Å². The molecule has 0 spiro atoms. The summed E-state index contributed by atoms with van der Waals surface area (Å²) in [6, 6.07) is 17.9. The Hall–Kier alpha value is -2.53. The van der Waals surface area contributed by atoms with Crippen LogP contribution in [0.15, 0.2) is 54.6 Å². The molecule has 138 valence electrons. The Labute approximate surface area is 154 Å². The molecule has 0 fully saturated rings. The highest BCUT2D eigenvalue weighted by atomic mass is 16.6. The van der Waals surface area contributed by atoms with E-state index in [-0.39, 0.29) is 18.1 Å². The molecule has 5 nitrogen and oxygen atoms in total. The third-order valence-corrected chi connectivity index (χ3v) is 4.66. The van der Waals surface area contributed by atoms with Gasteiger partial charge in [-0.15, -0.1) is 0 Å². The average Bonchev–Trinajstić information content (AvgIpc) is 2.65. The van der Waals surface area contributed by atoms with Gasteiger partial charge in [-0.25, -0.2) is 0 Å². The minimum atomic E-state index is -0.649. The van der Waals surface area contributed by atoms with Gasteiger partial charge in [-0.05, 0) is 45.1 Å². The molecule has 1 amide bonds. The molecule has 1 heterocycles. The molecule has 0 aromatic heterocycles. The number of ether oxygens (including phenoxy) is 2. The predicted molar refractivity (Wildman–Crippen MR) is 102 cm³/mol. The molecule has 0 saturated carbocycles. The third-order valence-electron chi connectivity index (χ3n) is 4.66. The molecule has 3 rings (SSSR count). The van der Waals surface area contributed by atoms with E-state index in [2.05, 4.69) is 22.3 Å². The average molecular weight is 354 g/mol. The van der Waals surface area contributed by atoms with Crippen LogP contribution in [-0.4, -0.2) is 49.7 Å². The van der Waals surface area contributed by atoms with E-state index in [4.69, 9.17) is 9.47 Å². The first-order valence-corrected chi connectivity index (χ1v) is 8.95. The molecule has 0 saturated heterocycles. The quantitative estimate of drug-likeness (QED) is 0.866. The summed E-state index contributed by atoms with van der Waals surface area (Å²) in [6.45, 7) is 2.41. The van der Waals surface area contributed by atoms with E-state index in [0.29, 0.717) is 18.0 Å². The fraction of sp³-hybridized carbons (Fsp3) is 0.381. The van der Waals surface area contributed by atoms with Gasteiger partial charge in [-0.3, -0.25) is 4.79 Å². The van der Waals surface area contributed by atoms with Crippen LogP contribution in [0.2, 0.25) is 0 Å². The Morgan fingerprint density at radius 1 is 1.04 bits per heavy atom. The Morgan fingerprint density at radius 2 is 1.65 bits per heavy atom. The number of hydrogen-bond acceptors (Lipinski definition) is 4. The summed E-state index contributed by atoms with van der Waals surface area (Å²) in [7, 11) is 4.05. The van der Waals surface area contributed by atoms with Gasteiger partial charge in [0.2, 0.25) is 6.10 Å². The predicted octanol–water partition coefficient (Wildman–Crippen LogP) is 2.50. The standard InChI is InChI=1S/C21H26N2O3/c1-15-20(26-19-12-8-7-11-18(19)25-15)21(24)22-14-17(23(2)3)13-16-9-5-4-6-10-16/h4-12,15,17,20H,13-14H2,1-3H3,(H,22,24)/t15-,17-,20+/m0/s1. The van der Waals surface area contributed by atoms with E-state index < -0.39 is 6.10 Å². The molecular weight excluding hydrogens is 328 g/mol. The second-order valence-electron chi connectivity index (χ2n) is 6.86. The zero-order valence-corrected chi connectivity index (χ0v) is 15.5. The van der Waals surface area contributed by atoms with Crippen molar-refractivity contribution in [3.05, 3.63) is 60.2 Å². The molecule has 0 radical (unpaired) electrons. The number of likely N-dealkylation sites (N-methyl/N-ethyl adjacent to an activating group) is 1. The topological polar surface area (TPSA) is 50.8 Å². The van der Waals surface area contributed by atoms with Crippen molar-refractivity contribution in [1.29, 1.82) is 0 Å². The lowest BCUT2D eigenvalue weighted by Crippen LogP contribution is -2.51. The van der Waals surface area contributed by atoms with Gasteiger partial charge in [0.1, 0.15) is 6.10 Å². The number of nitrogens with zero attached hydrogens (tertiary/aromatic N) is 1. The third kappa shape index (κ3) is 4.35. The first kappa shape index (κ1) is 18.3. The minimum Gasteiger partial charge on any atom is -0.482 e. The van der Waals surface area contributed by atoms with Crippen LogP contribution in [0.5, 0.6) is 11.5 Å². The second kappa shape index (κ2) is 8.23. The zero-order chi connectivity index (χ0) is 18.5. The summed E-state index contributed by atoms with van der Waals surface area (Å²) >= 11 is 0. The smallest absolute Gasteiger partial charge is 0.265 e. The van der Waals surface area contributed by atoms with Crippen LogP contribution in [0.25, 0.3) is 0 Å². The van der Waals surface area contributed by atoms with Crippen molar-refractivity contribution < 1.29 is 14.3 Å². The largest absolute Gasteiger partial charge is 0.482 e. The number of carbonyl (C=O) groups is 1. The van der Waals surface area contributed by atoms with Gasteiger partial charge in [-0.2, -0.15) is 0 Å². The Morgan fingerprint density at radius 3 is 2.31 bits per heavy atom. The van der Waals surface area contributed by atoms with E-state index in [9.17, 15) is 4.79 Å². The summed E-state index contributed by atoms with van der Waals surface area (Å²) in [5.74, 6) is 1.14. The maximum absolute atomic E-state index is 12.7. The van der Waals surface area contributed by atoms with Crippen LogP contribution >= 0.6 is 0 Å². The highest BCUT2D eigenvalue weighted by molar-refractivity contribution is 5.82. The molecule has 2 aromatic rings. The van der Waals surface area contributed by atoms with Gasteiger partial charge in [0.05, 0.1) is 0 Å². The molecule has 0 aliphatic carbocycles. The lowest BCUT2D eigenvalue weighted by atomic mass is 10.0. The van der Waals surface area contributed by atoms with E-state index in [1.54, 1.807) is 0 Å². The second-order valence-corrected chi connectivity index (χ2v) is 6.86. The van der Waals surface area contributed by atoms with Crippen molar-refractivity contribution >= 4 is 5.91 Å². The van der Waals surface area contributed by atoms with Crippen molar-refractivity contribution in [2.24, 2.45) is 0 Å². The van der Waals surface area contributed by atoms with Gasteiger partial charge in [0.15, 0.2) is 11.5 Å². The number of rotatable bonds is 6. The molecular formula is C21H26N2O3. The SMILES string of the molecule is C[C@@H]1Oc2ccccc2O[C@H]1C(=O)NC[C@H](Cc1ccccc1)N(C)C. The minimum absolute atomic E-state index is 0.146. The number of hydrogen-bond donors (Lipinski definition) is 1.